The number of nitrogens with two attached hydrogens (primary N) is 1. The van der Waals surface area contributed by atoms with E-state index in [0.717, 1.165) is 6.54 Å². The second-order valence-corrected chi connectivity index (χ2v) is 1.90. The van der Waals surface area contributed by atoms with E-state index < -0.39 is 0 Å². The first-order chi connectivity index (χ1) is 3.13. The summed E-state index contributed by atoms with van der Waals surface area (Å²) in [4.78, 5) is 1.97. The molecule has 0 radical (unpaired) electrons. The van der Waals surface area contributed by atoms with Crippen molar-refractivity contribution in [1.82, 2.24) is 4.90 Å². The Kier molecular flexibility index (Phi) is 2.45. The van der Waals surface area contributed by atoms with Crippen LogP contribution in [0, 0.1) is 0 Å². The average Bonchev–Trinajstić information content (AvgIpc) is 1.27. The zero-order valence-corrected chi connectivity index (χ0v) is 4.94. The summed E-state index contributed by atoms with van der Waals surface area (Å²) in [6, 6.07) is 0. The number of rotatable bonds is 2. The van der Waals surface area contributed by atoms with Crippen LogP contribution in [0.3, 0.4) is 0 Å². The highest BCUT2D eigenvalue weighted by atomic mass is 15.1. The van der Waals surface area contributed by atoms with Crippen LogP contribution in [0.1, 0.15) is 1.43 Å². The maximum absolute atomic E-state index is 5.26. The monoisotopic (exact) mass is 102 g/mol. The Morgan fingerprint density at radius 2 is 2.29 bits per heavy atom. The van der Waals surface area contributed by atoms with E-state index >= 15 is 0 Å². The molecule has 0 aromatic heterocycles. The van der Waals surface area contributed by atoms with Gasteiger partial charge in [-0.15, -0.1) is 0 Å². The fourth-order valence-corrected chi connectivity index (χ4v) is 0.406. The zero-order valence-electron chi connectivity index (χ0n) is 4.94. The summed E-state index contributed by atoms with van der Waals surface area (Å²) in [5, 5.41) is 0. The van der Waals surface area contributed by atoms with Gasteiger partial charge in [0.15, 0.2) is 0 Å². The molecule has 0 saturated heterocycles. The van der Waals surface area contributed by atoms with Crippen molar-refractivity contribution in [2.24, 2.45) is 5.73 Å². The lowest BCUT2D eigenvalue weighted by molar-refractivity contribution is 0.444. The van der Waals surface area contributed by atoms with Crippen molar-refractivity contribution in [1.29, 1.82) is 0 Å². The summed E-state index contributed by atoms with van der Waals surface area (Å²) >= 11 is 0. The number of hydrogen-bond donors (Lipinski definition) is 1. The van der Waals surface area contributed by atoms with E-state index in [1.807, 2.05) is 19.0 Å². The summed E-state index contributed by atoms with van der Waals surface area (Å²) in [6.45, 7) is 4.31. The Morgan fingerprint density at radius 1 is 1.86 bits per heavy atom. The SMILES string of the molecule is C=C(N)CN(C)C.[HH]. The highest BCUT2D eigenvalue weighted by Gasteiger charge is 1.85. The molecular formula is C5H14N2. The maximum atomic E-state index is 5.26. The number of hydrogen-bond acceptors (Lipinski definition) is 2. The summed E-state index contributed by atoms with van der Waals surface area (Å²) in [6.07, 6.45) is 0. The van der Waals surface area contributed by atoms with Crippen LogP contribution < -0.4 is 5.73 Å². The molecule has 0 aliphatic heterocycles. The minimum Gasteiger partial charge on any atom is -0.401 e. The van der Waals surface area contributed by atoms with Crippen LogP contribution >= 0.6 is 0 Å². The van der Waals surface area contributed by atoms with Gasteiger partial charge in [0.25, 0.3) is 0 Å². The molecule has 0 atom stereocenters. The van der Waals surface area contributed by atoms with Crippen molar-refractivity contribution in [3.63, 3.8) is 0 Å². The van der Waals surface area contributed by atoms with E-state index in [0.29, 0.717) is 5.70 Å². The third-order valence-electron chi connectivity index (χ3n) is 0.519. The van der Waals surface area contributed by atoms with E-state index in [1.165, 1.54) is 0 Å². The van der Waals surface area contributed by atoms with Crippen LogP contribution in [0.25, 0.3) is 0 Å². The predicted molar refractivity (Wildman–Crippen MR) is 34.0 cm³/mol. The van der Waals surface area contributed by atoms with Gasteiger partial charge in [0, 0.05) is 13.7 Å². The van der Waals surface area contributed by atoms with E-state index in [1.54, 1.807) is 0 Å². The molecule has 2 heteroatoms. The molecule has 0 bridgehead atoms. The van der Waals surface area contributed by atoms with Gasteiger partial charge in [-0.25, -0.2) is 0 Å². The summed E-state index contributed by atoms with van der Waals surface area (Å²) in [5.74, 6) is 0. The van der Waals surface area contributed by atoms with Gasteiger partial charge in [0.1, 0.15) is 0 Å². The molecule has 2 N–H and O–H groups in total. The van der Waals surface area contributed by atoms with E-state index in [2.05, 4.69) is 6.58 Å². The third kappa shape index (κ3) is 5.50. The molecule has 0 rings (SSSR count). The Labute approximate surface area is 46.1 Å². The molecule has 0 spiro atoms. The second kappa shape index (κ2) is 2.64. The number of nitrogens with zero attached hydrogens (tertiary/aromatic N) is 1. The standard InChI is InChI=1S/C5H12N2.H2/c1-5(6)4-7(2)3;/h1,4,6H2,2-3H3;1H. The van der Waals surface area contributed by atoms with Gasteiger partial charge in [-0.05, 0) is 14.1 Å². The van der Waals surface area contributed by atoms with Crippen LogP contribution in [0.5, 0.6) is 0 Å². The molecular weight excluding hydrogens is 88.1 g/mol. The summed E-state index contributed by atoms with van der Waals surface area (Å²) < 4.78 is 0. The van der Waals surface area contributed by atoms with Crippen LogP contribution in [-0.4, -0.2) is 25.5 Å². The fraction of sp³-hybridized carbons (Fsp3) is 0.600. The Balaban J connectivity index is 0. The lowest BCUT2D eigenvalue weighted by Gasteiger charge is -2.06. The third-order valence-corrected chi connectivity index (χ3v) is 0.519. The van der Waals surface area contributed by atoms with Crippen molar-refractivity contribution in [2.75, 3.05) is 20.6 Å². The van der Waals surface area contributed by atoms with Crippen LogP contribution in [0.15, 0.2) is 12.3 Å². The molecule has 0 saturated carbocycles. The lowest BCUT2D eigenvalue weighted by atomic mass is 10.5. The normalized spacial score (nSPS) is 9.57. The molecule has 44 valence electrons. The Morgan fingerprint density at radius 3 is 2.29 bits per heavy atom. The van der Waals surface area contributed by atoms with Gasteiger partial charge < -0.3 is 10.6 Å². The molecule has 0 aliphatic carbocycles. The topological polar surface area (TPSA) is 29.3 Å². The van der Waals surface area contributed by atoms with Crippen LogP contribution in [0.4, 0.5) is 0 Å². The van der Waals surface area contributed by atoms with Crippen molar-refractivity contribution >= 4 is 0 Å². The first-order valence-electron chi connectivity index (χ1n) is 2.21. The van der Waals surface area contributed by atoms with E-state index in [4.69, 9.17) is 5.73 Å². The van der Waals surface area contributed by atoms with Crippen molar-refractivity contribution < 1.29 is 1.43 Å². The highest BCUT2D eigenvalue weighted by Crippen LogP contribution is 1.78. The van der Waals surface area contributed by atoms with E-state index in [9.17, 15) is 0 Å². The Bertz CT molecular complexity index is 70.8. The second-order valence-electron chi connectivity index (χ2n) is 1.90. The quantitative estimate of drug-likeness (QED) is 0.542. The molecule has 0 aromatic carbocycles. The van der Waals surface area contributed by atoms with Crippen LogP contribution in [-0.2, 0) is 0 Å². The summed E-state index contributed by atoms with van der Waals surface area (Å²) in [5.41, 5.74) is 5.97. The molecule has 7 heavy (non-hydrogen) atoms. The smallest absolute Gasteiger partial charge is 0.0367 e. The molecule has 0 fully saturated rings. The van der Waals surface area contributed by atoms with Crippen molar-refractivity contribution in [3.8, 4) is 0 Å². The summed E-state index contributed by atoms with van der Waals surface area (Å²) in [7, 11) is 3.91. The molecule has 0 unspecified atom stereocenters. The van der Waals surface area contributed by atoms with Gasteiger partial charge >= 0.3 is 0 Å². The molecule has 0 heterocycles. The fourth-order valence-electron chi connectivity index (χ4n) is 0.406. The maximum Gasteiger partial charge on any atom is 0.0367 e. The minimum atomic E-state index is 0. The van der Waals surface area contributed by atoms with E-state index in [-0.39, 0.29) is 1.43 Å². The highest BCUT2D eigenvalue weighted by molar-refractivity contribution is 4.87. The van der Waals surface area contributed by atoms with Gasteiger partial charge in [-0.3, -0.25) is 0 Å². The Hall–Kier alpha value is -0.500. The van der Waals surface area contributed by atoms with Crippen LogP contribution in [0.2, 0.25) is 0 Å². The van der Waals surface area contributed by atoms with Gasteiger partial charge in [0.05, 0.1) is 0 Å². The largest absolute Gasteiger partial charge is 0.401 e. The van der Waals surface area contributed by atoms with Crippen molar-refractivity contribution in [2.45, 2.75) is 0 Å². The average molecular weight is 102 g/mol. The van der Waals surface area contributed by atoms with Crippen molar-refractivity contribution in [3.05, 3.63) is 12.3 Å². The number of likely N-dealkylation sites (N-methyl/N-ethyl adjacent to an activating group) is 1. The zero-order chi connectivity index (χ0) is 5.86. The molecule has 0 aromatic rings. The van der Waals surface area contributed by atoms with Gasteiger partial charge in [-0.1, -0.05) is 6.58 Å². The minimum absolute atomic E-state index is 0. The first kappa shape index (κ1) is 6.50. The molecule has 0 aliphatic rings. The first-order valence-corrected chi connectivity index (χ1v) is 2.21. The van der Waals surface area contributed by atoms with Gasteiger partial charge in [-0.2, -0.15) is 0 Å². The lowest BCUT2D eigenvalue weighted by Crippen LogP contribution is -2.18. The predicted octanol–water partition coefficient (Wildman–Crippen LogP) is 0.266. The molecule has 2 nitrogen and oxygen atoms in total. The molecule has 0 amide bonds. The van der Waals surface area contributed by atoms with Gasteiger partial charge in [0.2, 0.25) is 0 Å².